The topological polar surface area (TPSA) is 0 Å². The molecule has 0 amide bonds. The third kappa shape index (κ3) is 1.56. The van der Waals surface area contributed by atoms with Gasteiger partial charge in [-0.2, -0.15) is 0 Å². The summed E-state index contributed by atoms with van der Waals surface area (Å²) in [5, 5.41) is 0. The maximum atomic E-state index is 3.55. The Kier molecular flexibility index (Phi) is 2.50. The van der Waals surface area contributed by atoms with E-state index in [9.17, 15) is 0 Å². The molecule has 2 heteroatoms. The van der Waals surface area contributed by atoms with Crippen molar-refractivity contribution in [2.45, 2.75) is 0 Å². The minimum absolute atomic E-state index is 0.514. The fourth-order valence-corrected chi connectivity index (χ4v) is 3.99. The Balaban J connectivity index is 2.51. The monoisotopic (exact) mass is 286 g/mol. The van der Waals surface area contributed by atoms with E-state index in [0.29, 0.717) is 14.5 Å². The molecule has 1 heterocycles. The molecular weight excluding hydrogens is 279 g/mol. The number of hydrogen-bond donors (Lipinski definition) is 0. The van der Waals surface area contributed by atoms with Crippen LogP contribution in [-0.2, 0) is 0 Å². The molecule has 0 fully saturated rings. The normalized spacial score (nSPS) is 10.1. The van der Waals surface area contributed by atoms with Gasteiger partial charge >= 0.3 is 86.2 Å². The van der Waals surface area contributed by atoms with Crippen molar-refractivity contribution in [2.24, 2.45) is 0 Å². The van der Waals surface area contributed by atoms with Gasteiger partial charge in [0.1, 0.15) is 0 Å². The van der Waals surface area contributed by atoms with Crippen molar-refractivity contribution in [3.63, 3.8) is 0 Å². The number of halogens is 1. The van der Waals surface area contributed by atoms with Crippen LogP contribution in [0, 0.1) is 0 Å². The Morgan fingerprint density at radius 1 is 1.00 bits per heavy atom. The van der Waals surface area contributed by atoms with Gasteiger partial charge in [0.05, 0.1) is 0 Å². The van der Waals surface area contributed by atoms with E-state index in [2.05, 4.69) is 51.2 Å². The molecule has 2 rings (SSSR count). The fourth-order valence-electron chi connectivity index (χ4n) is 1.09. The van der Waals surface area contributed by atoms with Gasteiger partial charge in [0, 0.05) is 0 Å². The molecule has 0 nitrogen and oxygen atoms in total. The first kappa shape index (κ1) is 8.30. The van der Waals surface area contributed by atoms with E-state index in [1.54, 1.807) is 0 Å². The summed E-state index contributed by atoms with van der Waals surface area (Å²) in [5.41, 5.74) is 1.34. The molecular formula is C10H7BrSe. The Labute approximate surface area is 86.1 Å². The number of rotatable bonds is 1. The quantitative estimate of drug-likeness (QED) is 0.706. The standard InChI is InChI=1S/C10H7BrSe/c11-9-6-7-12-10(9)8-4-2-1-3-5-8/h1-7H. The third-order valence-electron chi connectivity index (χ3n) is 1.65. The zero-order valence-electron chi connectivity index (χ0n) is 6.33. The van der Waals surface area contributed by atoms with Gasteiger partial charge in [0.15, 0.2) is 0 Å². The summed E-state index contributed by atoms with van der Waals surface area (Å²) in [6, 6.07) is 12.7. The molecule has 12 heavy (non-hydrogen) atoms. The van der Waals surface area contributed by atoms with Gasteiger partial charge in [-0.3, -0.25) is 0 Å². The predicted molar refractivity (Wildman–Crippen MR) is 56.5 cm³/mol. The molecule has 1 aromatic carbocycles. The summed E-state index contributed by atoms with van der Waals surface area (Å²) in [6.45, 7) is 0. The van der Waals surface area contributed by atoms with Crippen molar-refractivity contribution in [2.75, 3.05) is 0 Å². The van der Waals surface area contributed by atoms with Crippen molar-refractivity contribution >= 4 is 30.4 Å². The van der Waals surface area contributed by atoms with Crippen LogP contribution in [0.25, 0.3) is 10.0 Å². The van der Waals surface area contributed by atoms with Crippen molar-refractivity contribution in [3.8, 4) is 10.0 Å². The summed E-state index contributed by atoms with van der Waals surface area (Å²) in [6.07, 6.45) is 0. The SMILES string of the molecule is Brc1cc[se]c1-c1ccccc1. The first-order valence-corrected chi connectivity index (χ1v) is 6.30. The van der Waals surface area contributed by atoms with Crippen LogP contribution < -0.4 is 0 Å². The van der Waals surface area contributed by atoms with Gasteiger partial charge in [-0.15, -0.1) is 0 Å². The number of benzene rings is 1. The zero-order valence-corrected chi connectivity index (χ0v) is 9.63. The summed E-state index contributed by atoms with van der Waals surface area (Å²) in [4.78, 5) is 2.24. The molecule has 2 aromatic rings. The predicted octanol–water partition coefficient (Wildman–Crippen LogP) is 3.17. The Bertz CT molecular complexity index is 364. The van der Waals surface area contributed by atoms with Crippen LogP contribution in [0.5, 0.6) is 0 Å². The van der Waals surface area contributed by atoms with Crippen LogP contribution in [0.15, 0.2) is 45.8 Å². The second kappa shape index (κ2) is 3.61. The van der Waals surface area contributed by atoms with Crippen LogP contribution in [0.3, 0.4) is 0 Å². The average Bonchev–Trinajstić information content (AvgIpc) is 2.53. The Morgan fingerprint density at radius 2 is 1.75 bits per heavy atom. The average molecular weight is 286 g/mol. The molecule has 0 unspecified atom stereocenters. The van der Waals surface area contributed by atoms with E-state index in [1.807, 2.05) is 6.07 Å². The first-order chi connectivity index (χ1) is 5.88. The van der Waals surface area contributed by atoms with Crippen molar-refractivity contribution in [1.29, 1.82) is 0 Å². The van der Waals surface area contributed by atoms with Crippen LogP contribution in [-0.4, -0.2) is 14.5 Å². The van der Waals surface area contributed by atoms with Crippen LogP contribution in [0.1, 0.15) is 0 Å². The van der Waals surface area contributed by atoms with Crippen molar-refractivity contribution in [1.82, 2.24) is 0 Å². The first-order valence-electron chi connectivity index (χ1n) is 3.66. The summed E-state index contributed by atoms with van der Waals surface area (Å²) >= 11 is 4.06. The third-order valence-corrected chi connectivity index (χ3v) is 4.93. The van der Waals surface area contributed by atoms with E-state index in [4.69, 9.17) is 0 Å². The summed E-state index contributed by atoms with van der Waals surface area (Å²) in [5.74, 6) is 0. The van der Waals surface area contributed by atoms with Gasteiger partial charge in [-0.1, -0.05) is 0 Å². The molecule has 0 saturated heterocycles. The molecule has 0 N–H and O–H groups in total. The number of hydrogen-bond acceptors (Lipinski definition) is 0. The second-order valence-electron chi connectivity index (χ2n) is 2.46. The van der Waals surface area contributed by atoms with Crippen molar-refractivity contribution < 1.29 is 0 Å². The van der Waals surface area contributed by atoms with Crippen LogP contribution in [0.2, 0.25) is 0 Å². The second-order valence-corrected chi connectivity index (χ2v) is 5.24. The zero-order chi connectivity index (χ0) is 8.39. The molecule has 0 aliphatic rings. The Morgan fingerprint density at radius 3 is 2.33 bits per heavy atom. The summed E-state index contributed by atoms with van der Waals surface area (Å²) < 4.78 is 2.69. The maximum absolute atomic E-state index is 3.55. The Hall–Kier alpha value is -0.301. The molecule has 0 aliphatic heterocycles. The van der Waals surface area contributed by atoms with Crippen molar-refractivity contribution in [3.05, 3.63) is 45.8 Å². The van der Waals surface area contributed by atoms with Gasteiger partial charge in [0.25, 0.3) is 0 Å². The fraction of sp³-hybridized carbons (Fsp3) is 0. The van der Waals surface area contributed by atoms with E-state index in [0.717, 1.165) is 0 Å². The van der Waals surface area contributed by atoms with E-state index in [1.165, 1.54) is 14.5 Å². The molecule has 1 aromatic heterocycles. The molecule has 0 spiro atoms. The van der Waals surface area contributed by atoms with Crippen LogP contribution in [0.4, 0.5) is 0 Å². The van der Waals surface area contributed by atoms with E-state index in [-0.39, 0.29) is 0 Å². The molecule has 0 atom stereocenters. The van der Waals surface area contributed by atoms with Gasteiger partial charge in [-0.05, 0) is 0 Å². The summed E-state index contributed by atoms with van der Waals surface area (Å²) in [7, 11) is 0. The molecule has 0 saturated carbocycles. The molecule has 0 aliphatic carbocycles. The molecule has 0 bridgehead atoms. The van der Waals surface area contributed by atoms with Gasteiger partial charge < -0.3 is 0 Å². The van der Waals surface area contributed by atoms with Gasteiger partial charge in [-0.25, -0.2) is 0 Å². The van der Waals surface area contributed by atoms with E-state index >= 15 is 0 Å². The minimum atomic E-state index is 0.514. The molecule has 0 radical (unpaired) electrons. The van der Waals surface area contributed by atoms with Crippen LogP contribution >= 0.6 is 15.9 Å². The molecule has 60 valence electrons. The van der Waals surface area contributed by atoms with E-state index < -0.39 is 0 Å². The van der Waals surface area contributed by atoms with Gasteiger partial charge in [0.2, 0.25) is 0 Å².